The molecule has 10 heteroatoms. The molecule has 2 amide bonds. The number of nitrogens with one attached hydrogen (secondary N) is 1. The third-order valence-electron chi connectivity index (χ3n) is 5.99. The number of hydrogen-bond acceptors (Lipinski definition) is 7. The minimum atomic E-state index is -0.345. The van der Waals surface area contributed by atoms with Gasteiger partial charge in [-0.3, -0.25) is 14.4 Å². The molecule has 0 bridgehead atoms. The molecule has 1 saturated heterocycles. The van der Waals surface area contributed by atoms with Crippen molar-refractivity contribution in [3.63, 3.8) is 0 Å². The summed E-state index contributed by atoms with van der Waals surface area (Å²) in [5.74, 6) is -0.916. The fraction of sp³-hybridized carbons (Fsp3) is 0.444. The first-order valence-corrected chi connectivity index (χ1v) is 13.4. The van der Waals surface area contributed by atoms with Crippen molar-refractivity contribution in [2.75, 3.05) is 33.3 Å². The Labute approximate surface area is 221 Å². The van der Waals surface area contributed by atoms with Crippen LogP contribution in [0.5, 0.6) is 0 Å². The van der Waals surface area contributed by atoms with Crippen molar-refractivity contribution in [3.8, 4) is 6.07 Å². The van der Waals surface area contributed by atoms with Crippen LogP contribution in [0.2, 0.25) is 0 Å². The van der Waals surface area contributed by atoms with Gasteiger partial charge < -0.3 is 19.9 Å². The maximum absolute atomic E-state index is 13.4. The van der Waals surface area contributed by atoms with Crippen LogP contribution < -0.4 is 5.32 Å². The van der Waals surface area contributed by atoms with E-state index in [1.807, 2.05) is 12.1 Å². The molecule has 0 unspecified atom stereocenters. The highest BCUT2D eigenvalue weighted by Crippen LogP contribution is 2.32. The first-order chi connectivity index (χ1) is 17.9. The van der Waals surface area contributed by atoms with E-state index < -0.39 is 0 Å². The van der Waals surface area contributed by atoms with Crippen molar-refractivity contribution < 1.29 is 19.1 Å². The first-order valence-electron chi connectivity index (χ1n) is 12.5. The fourth-order valence-electron chi connectivity index (χ4n) is 4.00. The third-order valence-corrected chi connectivity index (χ3v) is 6.94. The molecule has 3 rings (SSSR count). The molecule has 1 fully saturated rings. The van der Waals surface area contributed by atoms with Crippen LogP contribution in [0.25, 0.3) is 0 Å². The zero-order chi connectivity index (χ0) is 26.6. The molecule has 1 aliphatic heterocycles. The molecule has 1 aromatic heterocycles. The van der Waals surface area contributed by atoms with E-state index in [2.05, 4.69) is 21.3 Å². The summed E-state index contributed by atoms with van der Waals surface area (Å²) in [5.41, 5.74) is 1.92. The van der Waals surface area contributed by atoms with Crippen molar-refractivity contribution in [1.29, 1.82) is 5.26 Å². The van der Waals surface area contributed by atoms with Crippen LogP contribution in [-0.2, 0) is 16.1 Å². The lowest BCUT2D eigenvalue weighted by atomic mass is 10.1. The van der Waals surface area contributed by atoms with Crippen LogP contribution in [-0.4, -0.2) is 67.2 Å². The molecular formula is C27H33N5O4S. The zero-order valence-corrected chi connectivity index (χ0v) is 22.2. The van der Waals surface area contributed by atoms with E-state index in [9.17, 15) is 19.6 Å². The van der Waals surface area contributed by atoms with Gasteiger partial charge in [0.2, 0.25) is 0 Å². The SMILES string of the molecule is CCOC(=O)CCCNC(=O)c1csc(C(=O)N(C)Cc2ccccc2C#N)c1N=CN1CCCCC1. The van der Waals surface area contributed by atoms with Gasteiger partial charge in [-0.05, 0) is 44.2 Å². The predicted molar refractivity (Wildman–Crippen MR) is 143 cm³/mol. The Morgan fingerprint density at radius 1 is 1.24 bits per heavy atom. The van der Waals surface area contributed by atoms with Gasteiger partial charge >= 0.3 is 5.97 Å². The van der Waals surface area contributed by atoms with Crippen molar-refractivity contribution >= 4 is 41.1 Å². The van der Waals surface area contributed by atoms with Gasteiger partial charge in [0.15, 0.2) is 0 Å². The normalized spacial score (nSPS) is 13.3. The van der Waals surface area contributed by atoms with Crippen LogP contribution in [0.4, 0.5) is 5.69 Å². The summed E-state index contributed by atoms with van der Waals surface area (Å²) in [6, 6.07) is 9.32. The Balaban J connectivity index is 1.78. The van der Waals surface area contributed by atoms with Gasteiger partial charge in [0.25, 0.3) is 11.8 Å². The molecule has 9 nitrogen and oxygen atoms in total. The Morgan fingerprint density at radius 3 is 2.73 bits per heavy atom. The summed E-state index contributed by atoms with van der Waals surface area (Å²) in [6.45, 7) is 4.41. The maximum atomic E-state index is 13.4. The molecule has 0 spiro atoms. The Hall–Kier alpha value is -3.71. The summed E-state index contributed by atoms with van der Waals surface area (Å²) in [5, 5.41) is 13.9. The molecule has 196 valence electrons. The van der Waals surface area contributed by atoms with Gasteiger partial charge in [-0.2, -0.15) is 5.26 Å². The molecule has 0 aliphatic carbocycles. The highest BCUT2D eigenvalue weighted by Gasteiger charge is 2.25. The lowest BCUT2D eigenvalue weighted by Gasteiger charge is -2.24. The standard InChI is InChI=1S/C27H33N5O4S/c1-3-36-23(33)12-9-13-29-26(34)22-18-37-25(24(22)30-19-32-14-7-4-8-15-32)27(35)31(2)17-21-11-6-5-10-20(21)16-28/h5-6,10-11,18-19H,3-4,7-9,12-15,17H2,1-2H3,(H,29,34). The minimum Gasteiger partial charge on any atom is -0.466 e. The number of carbonyl (C=O) groups is 3. The van der Waals surface area contributed by atoms with Gasteiger partial charge in [0, 0.05) is 45.0 Å². The maximum Gasteiger partial charge on any atom is 0.305 e. The number of likely N-dealkylation sites (tertiary alicyclic amines) is 1. The van der Waals surface area contributed by atoms with Crippen molar-refractivity contribution in [2.45, 2.75) is 45.6 Å². The summed E-state index contributed by atoms with van der Waals surface area (Å²) >= 11 is 1.18. The van der Waals surface area contributed by atoms with Crippen LogP contribution in [0.15, 0.2) is 34.6 Å². The molecule has 37 heavy (non-hydrogen) atoms. The van der Waals surface area contributed by atoms with E-state index in [-0.39, 0.29) is 30.7 Å². The second-order valence-corrected chi connectivity index (χ2v) is 9.64. The van der Waals surface area contributed by atoms with E-state index >= 15 is 0 Å². The van der Waals surface area contributed by atoms with Gasteiger partial charge in [0.05, 0.1) is 30.1 Å². The monoisotopic (exact) mass is 523 g/mol. The molecule has 1 N–H and O–H groups in total. The molecule has 0 atom stereocenters. The molecule has 2 heterocycles. The topological polar surface area (TPSA) is 115 Å². The van der Waals surface area contributed by atoms with Crippen LogP contribution in [0.3, 0.4) is 0 Å². The van der Waals surface area contributed by atoms with Crippen molar-refractivity contribution in [1.82, 2.24) is 15.1 Å². The number of amides is 2. The largest absolute Gasteiger partial charge is 0.466 e. The van der Waals surface area contributed by atoms with Crippen LogP contribution in [0.1, 0.15) is 70.2 Å². The molecular weight excluding hydrogens is 490 g/mol. The number of benzene rings is 1. The van der Waals surface area contributed by atoms with E-state index in [4.69, 9.17) is 4.74 Å². The number of hydrogen-bond donors (Lipinski definition) is 1. The highest BCUT2D eigenvalue weighted by atomic mass is 32.1. The number of ether oxygens (including phenoxy) is 1. The first kappa shape index (κ1) is 27.9. The average Bonchev–Trinajstić information content (AvgIpc) is 3.34. The Morgan fingerprint density at radius 2 is 2.00 bits per heavy atom. The lowest BCUT2D eigenvalue weighted by molar-refractivity contribution is -0.143. The quantitative estimate of drug-likeness (QED) is 0.205. The smallest absolute Gasteiger partial charge is 0.305 e. The van der Waals surface area contributed by atoms with Crippen molar-refractivity contribution in [2.24, 2.45) is 4.99 Å². The molecule has 1 aliphatic rings. The van der Waals surface area contributed by atoms with E-state index in [0.717, 1.165) is 31.5 Å². The van der Waals surface area contributed by atoms with Crippen molar-refractivity contribution in [3.05, 3.63) is 51.2 Å². The van der Waals surface area contributed by atoms with Gasteiger partial charge in [0.1, 0.15) is 10.6 Å². The summed E-state index contributed by atoms with van der Waals surface area (Å²) < 4.78 is 4.92. The van der Waals surface area contributed by atoms with Gasteiger partial charge in [-0.15, -0.1) is 11.3 Å². The number of thiophene rings is 1. The number of piperidine rings is 1. The lowest BCUT2D eigenvalue weighted by Crippen LogP contribution is -2.29. The van der Waals surface area contributed by atoms with E-state index in [1.54, 1.807) is 37.8 Å². The Bertz CT molecular complexity index is 1160. The second-order valence-electron chi connectivity index (χ2n) is 8.76. The zero-order valence-electron chi connectivity index (χ0n) is 21.4. The number of nitriles is 1. The third kappa shape index (κ3) is 7.89. The van der Waals surface area contributed by atoms with E-state index in [1.165, 1.54) is 22.7 Å². The average molecular weight is 524 g/mol. The van der Waals surface area contributed by atoms with Crippen LogP contribution in [0, 0.1) is 11.3 Å². The molecule has 2 aromatic rings. The molecule has 0 saturated carbocycles. The fourth-order valence-corrected chi connectivity index (χ4v) is 4.98. The van der Waals surface area contributed by atoms with Crippen LogP contribution >= 0.6 is 11.3 Å². The molecule has 0 radical (unpaired) electrons. The summed E-state index contributed by atoms with van der Waals surface area (Å²) in [6.07, 6.45) is 5.73. The number of esters is 1. The second kappa shape index (κ2) is 14.1. The minimum absolute atomic E-state index is 0.219. The summed E-state index contributed by atoms with van der Waals surface area (Å²) in [4.78, 5) is 46.6. The number of carbonyl (C=O) groups excluding carboxylic acids is 3. The summed E-state index contributed by atoms with van der Waals surface area (Å²) in [7, 11) is 1.67. The molecule has 1 aromatic carbocycles. The van der Waals surface area contributed by atoms with Gasteiger partial charge in [-0.1, -0.05) is 18.2 Å². The Kier molecular flexibility index (Phi) is 10.6. The highest BCUT2D eigenvalue weighted by molar-refractivity contribution is 7.13. The van der Waals surface area contributed by atoms with E-state index in [0.29, 0.717) is 41.3 Å². The number of aliphatic imine (C=N–C) groups is 1. The predicted octanol–water partition coefficient (Wildman–Crippen LogP) is 4.11. The number of nitrogens with zero attached hydrogens (tertiary/aromatic N) is 4. The number of rotatable bonds is 11. The van der Waals surface area contributed by atoms with Gasteiger partial charge in [-0.25, -0.2) is 4.99 Å².